The third-order valence-corrected chi connectivity index (χ3v) is 35.3. The fourth-order valence-corrected chi connectivity index (χ4v) is 25.4. The van der Waals surface area contributed by atoms with Crippen LogP contribution in [0.15, 0.2) is 180 Å². The minimum absolute atomic E-state index is 0.00610. The van der Waals surface area contributed by atoms with Crippen LogP contribution in [0.25, 0.3) is 0 Å². The van der Waals surface area contributed by atoms with Gasteiger partial charge in [-0.25, -0.2) is 0 Å². The van der Waals surface area contributed by atoms with Crippen LogP contribution in [0.1, 0.15) is 405 Å². The van der Waals surface area contributed by atoms with Crippen molar-refractivity contribution in [2.75, 3.05) is 0 Å². The normalized spacial score (nSPS) is 37.4. The number of carbonyl (C=O) groups is 2. The molecular formula is C127H196N4O4. The minimum atomic E-state index is -0.235. The summed E-state index contributed by atoms with van der Waals surface area (Å²) in [7, 11) is 0. The molecule has 15 aliphatic rings. The highest BCUT2D eigenvalue weighted by Gasteiger charge is 2.42. The molecule has 0 amide bonds. The lowest BCUT2D eigenvalue weighted by molar-refractivity contribution is -0.151. The Labute approximate surface area is 828 Å². The summed E-state index contributed by atoms with van der Waals surface area (Å²) in [6, 6.07) is 5.24. The van der Waals surface area contributed by atoms with Gasteiger partial charge >= 0.3 is 11.9 Å². The Bertz CT molecular complexity index is 3860. The maximum absolute atomic E-state index is 12.4. The number of hydrogen-bond acceptors (Lipinski definition) is 8. The SMILES string of the molecule is CCCC1CCC(C2C=CC(C(=O)OC3C=CC(C)C=C3)C=C2)CC1C.CCCC1CCC(C2C=NC(C3C=CC(C)C=C3)N=C2)CC1.CCCCCC1C=CC(C2C=CC(C3(C#N)CCC(C)CC3)C=C2)C=C1.CCCCCC1CCC(C(=O)OC2C=CC(C)C=C2)CC1.CCCCCC1CCC(C2CCC(C)(C#N)CC2)CC1.CCCCCC1CCC(CCC2C=CC(C)C=C2)CC1. The van der Waals surface area contributed by atoms with Crippen LogP contribution in [0.3, 0.4) is 0 Å². The number of ether oxygens (including phenoxy) is 2. The Morgan fingerprint density at radius 1 is 0.326 bits per heavy atom. The fourth-order valence-electron chi connectivity index (χ4n) is 25.4. The molecule has 1 heterocycles. The highest BCUT2D eigenvalue weighted by molar-refractivity contribution is 5.85. The summed E-state index contributed by atoms with van der Waals surface area (Å²) in [5.41, 5.74) is -0.166. The van der Waals surface area contributed by atoms with E-state index in [9.17, 15) is 20.1 Å². The molecule has 135 heavy (non-hydrogen) atoms. The summed E-state index contributed by atoms with van der Waals surface area (Å²) < 4.78 is 11.2. The zero-order chi connectivity index (χ0) is 96.0. The average Bonchev–Trinajstić information content (AvgIpc) is 0.791. The summed E-state index contributed by atoms with van der Waals surface area (Å²) in [6.07, 6.45) is 132. The van der Waals surface area contributed by atoms with Crippen molar-refractivity contribution < 1.29 is 19.1 Å². The fraction of sp³-hybridized carbons (Fsp3) is 0.732. The van der Waals surface area contributed by atoms with E-state index in [1.807, 2.05) is 24.3 Å². The van der Waals surface area contributed by atoms with Gasteiger partial charge in [0.2, 0.25) is 0 Å². The summed E-state index contributed by atoms with van der Waals surface area (Å²) in [5, 5.41) is 19.1. The number of hydrogen-bond donors (Lipinski definition) is 0. The molecule has 14 aliphatic carbocycles. The summed E-state index contributed by atoms with van der Waals surface area (Å²) in [4.78, 5) is 34.2. The Balaban J connectivity index is 0.000000168. The van der Waals surface area contributed by atoms with Crippen LogP contribution in [0.4, 0.5) is 0 Å². The van der Waals surface area contributed by atoms with E-state index in [4.69, 9.17) is 19.5 Å². The Kier molecular flexibility index (Phi) is 49.7. The van der Waals surface area contributed by atoms with Crippen molar-refractivity contribution in [3.63, 3.8) is 0 Å². The monoisotopic (exact) mass is 1840 g/mol. The van der Waals surface area contributed by atoms with Crippen LogP contribution < -0.4 is 0 Å². The molecule has 0 bridgehead atoms. The molecule has 7 saturated carbocycles. The van der Waals surface area contributed by atoms with Gasteiger partial charge in [0.1, 0.15) is 18.4 Å². The summed E-state index contributed by atoms with van der Waals surface area (Å²) in [5.74, 6) is 16.7. The number of rotatable bonds is 33. The molecule has 0 aromatic rings. The van der Waals surface area contributed by atoms with E-state index in [2.05, 4.69) is 260 Å². The first-order chi connectivity index (χ1) is 65.6. The molecule has 7 fully saturated rings. The molecule has 0 spiro atoms. The van der Waals surface area contributed by atoms with Crippen LogP contribution >= 0.6 is 0 Å². The lowest BCUT2D eigenvalue weighted by Gasteiger charge is -2.39. The number of aliphatic imine (C=N–C) groups is 2. The molecule has 0 aromatic carbocycles. The van der Waals surface area contributed by atoms with E-state index < -0.39 is 0 Å². The largest absolute Gasteiger partial charge is 0.454 e. The predicted molar refractivity (Wildman–Crippen MR) is 575 cm³/mol. The maximum atomic E-state index is 12.4. The van der Waals surface area contributed by atoms with Gasteiger partial charge < -0.3 is 9.47 Å². The van der Waals surface area contributed by atoms with Crippen molar-refractivity contribution in [3.8, 4) is 12.1 Å². The van der Waals surface area contributed by atoms with Crippen LogP contribution in [-0.4, -0.2) is 42.7 Å². The first kappa shape index (κ1) is 111. The van der Waals surface area contributed by atoms with E-state index in [1.54, 1.807) is 0 Å². The van der Waals surface area contributed by atoms with Gasteiger partial charge in [-0.1, -0.05) is 402 Å². The van der Waals surface area contributed by atoms with Crippen molar-refractivity contribution in [2.24, 2.45) is 175 Å². The lowest BCUT2D eigenvalue weighted by atomic mass is 9.63. The molecule has 0 saturated heterocycles. The first-order valence-electron chi connectivity index (χ1n) is 57.5. The van der Waals surface area contributed by atoms with E-state index in [1.165, 1.54) is 276 Å². The molecule has 8 nitrogen and oxygen atoms in total. The van der Waals surface area contributed by atoms with Gasteiger partial charge in [-0.3, -0.25) is 19.6 Å². The third kappa shape index (κ3) is 38.2. The summed E-state index contributed by atoms with van der Waals surface area (Å²) in [6.45, 7) is 29.4. The molecule has 3 unspecified atom stereocenters. The van der Waals surface area contributed by atoms with Gasteiger partial charge in [0.25, 0.3) is 0 Å². The minimum Gasteiger partial charge on any atom is -0.454 e. The Morgan fingerprint density at radius 2 is 0.711 bits per heavy atom. The van der Waals surface area contributed by atoms with Gasteiger partial charge in [-0.15, -0.1) is 0 Å². The van der Waals surface area contributed by atoms with E-state index in [0.717, 1.165) is 115 Å². The Morgan fingerprint density at radius 3 is 1.18 bits per heavy atom. The van der Waals surface area contributed by atoms with Crippen molar-refractivity contribution in [2.45, 2.75) is 423 Å². The molecule has 748 valence electrons. The van der Waals surface area contributed by atoms with Crippen molar-refractivity contribution in [1.82, 2.24) is 0 Å². The summed E-state index contributed by atoms with van der Waals surface area (Å²) >= 11 is 0. The second kappa shape index (κ2) is 60.7. The van der Waals surface area contributed by atoms with Gasteiger partial charge in [0.05, 0.1) is 34.8 Å². The number of nitriles is 2. The number of nitrogens with zero attached hydrogens (tertiary/aromatic N) is 4. The van der Waals surface area contributed by atoms with E-state index in [-0.39, 0.29) is 53.0 Å². The molecule has 15 rings (SSSR count). The second-order valence-corrected chi connectivity index (χ2v) is 46.5. The highest BCUT2D eigenvalue weighted by atomic mass is 16.5. The van der Waals surface area contributed by atoms with Gasteiger partial charge in [0, 0.05) is 42.0 Å². The topological polar surface area (TPSA) is 125 Å². The molecule has 8 heteroatoms. The predicted octanol–water partition coefficient (Wildman–Crippen LogP) is 35.6. The smallest absolute Gasteiger partial charge is 0.317 e. The quantitative estimate of drug-likeness (QED) is 0.0366. The van der Waals surface area contributed by atoms with Crippen LogP contribution in [0.5, 0.6) is 0 Å². The number of esters is 2. The van der Waals surface area contributed by atoms with Gasteiger partial charge in [-0.2, -0.15) is 10.5 Å². The number of allylic oxidation sites excluding steroid dienone is 20. The van der Waals surface area contributed by atoms with Gasteiger partial charge in [0.15, 0.2) is 0 Å². The average molecular weight is 1840 g/mol. The van der Waals surface area contributed by atoms with Crippen LogP contribution in [0, 0.1) is 187 Å². The standard InChI is InChI=1S/C25H35N.C24H34O2.C20H30N2.C20H34.C19H33N.C19H30O2/c1-3-4-5-6-21-7-9-22(10-8-21)23-11-13-24(14-12-23)25(19-26)17-15-20(2)16-18-25;1-4-5-19-8-13-22(16-18(19)3)20-9-11-21(12-10-20)24(25)26-23-14-6-17(2)7-15-23;1-3-4-16-7-11-17(12-8-16)19-13-21-20(22-14-19)18-9-5-15(2)6-10-18;1-3-4-5-6-18-11-13-20(14-12-18)16-15-19-9-7-17(2)8-10-19;1-3-4-5-6-16-7-9-17(10-8-16)18-11-13-19(2,15-20)14-12-18;1-3-4-5-6-16-9-11-17(12-10-16)19(20)21-18-13-7-15(2)8-14-18/h7-14,20-24H,3-6,15-18H2,1-2H3;6-7,9-12,14-15,17-23H,4-5,8,13,16H2,1-3H3;5-6,9-10,13-20H,3-4,7-8,11-12H2,1-2H3;7-10,17-20H,3-6,11-16H2,1-2H3;16-18H,3-14H2,1-2H3;7-8,13-18H,3-6,9-12H2,1-2H3. The molecule has 3 atom stereocenters. The second-order valence-electron chi connectivity index (χ2n) is 46.5. The third-order valence-electron chi connectivity index (χ3n) is 35.3. The first-order valence-corrected chi connectivity index (χ1v) is 57.5. The zero-order valence-corrected chi connectivity index (χ0v) is 88.1. The number of carbonyl (C=O) groups excluding carboxylic acids is 2. The van der Waals surface area contributed by atoms with E-state index >= 15 is 0 Å². The lowest BCUT2D eigenvalue weighted by Crippen LogP contribution is -2.32. The Hall–Kier alpha value is -6.38. The van der Waals surface area contributed by atoms with Crippen LogP contribution in [0.2, 0.25) is 0 Å². The maximum Gasteiger partial charge on any atom is 0.317 e. The van der Waals surface area contributed by atoms with E-state index in [0.29, 0.717) is 65.1 Å². The van der Waals surface area contributed by atoms with Crippen LogP contribution in [-0.2, 0) is 19.1 Å². The molecule has 0 radical (unpaired) electrons. The zero-order valence-electron chi connectivity index (χ0n) is 88.1. The van der Waals surface area contributed by atoms with Crippen molar-refractivity contribution in [1.29, 1.82) is 10.5 Å². The molecule has 1 aliphatic heterocycles. The van der Waals surface area contributed by atoms with Gasteiger partial charge in [-0.05, 0) is 285 Å². The molecule has 0 aromatic heterocycles. The van der Waals surface area contributed by atoms with Crippen molar-refractivity contribution >= 4 is 24.4 Å². The molecule has 0 N–H and O–H groups in total. The number of unbranched alkanes of at least 4 members (excludes halogenated alkanes) is 8. The van der Waals surface area contributed by atoms with Crippen molar-refractivity contribution in [3.05, 3.63) is 170 Å². The molecular weight excluding hydrogens is 1650 g/mol. The highest BCUT2D eigenvalue weighted by Crippen LogP contribution is 2.50.